The molecule has 0 aliphatic rings. The number of benzene rings is 2. The van der Waals surface area contributed by atoms with Gasteiger partial charge in [-0.2, -0.15) is 0 Å². The summed E-state index contributed by atoms with van der Waals surface area (Å²) in [6, 6.07) is 14.2. The fraction of sp³-hybridized carbons (Fsp3) is 0.188. The molecule has 0 radical (unpaired) electrons. The van der Waals surface area contributed by atoms with E-state index >= 15 is 0 Å². The molecule has 0 bridgehead atoms. The van der Waals surface area contributed by atoms with Gasteiger partial charge in [-0.25, -0.2) is 4.98 Å². The van der Waals surface area contributed by atoms with E-state index in [2.05, 4.69) is 36.7 Å². The first-order chi connectivity index (χ1) is 9.20. The fourth-order valence-corrected chi connectivity index (χ4v) is 2.57. The standard InChI is InChI=1S/C16H17N3/c1-3-11-6-5-9-14-15(11)19(2)16(18-14)12-7-4-8-13(17)10-12/h4-10H,3,17H2,1-2H3. The summed E-state index contributed by atoms with van der Waals surface area (Å²) in [7, 11) is 2.06. The Labute approximate surface area is 112 Å². The van der Waals surface area contributed by atoms with Crippen molar-refractivity contribution in [3.63, 3.8) is 0 Å². The van der Waals surface area contributed by atoms with Crippen molar-refractivity contribution in [1.29, 1.82) is 0 Å². The van der Waals surface area contributed by atoms with E-state index in [9.17, 15) is 0 Å². The van der Waals surface area contributed by atoms with Crippen LogP contribution in [0.15, 0.2) is 42.5 Å². The van der Waals surface area contributed by atoms with Crippen molar-refractivity contribution in [2.75, 3.05) is 5.73 Å². The van der Waals surface area contributed by atoms with E-state index < -0.39 is 0 Å². The van der Waals surface area contributed by atoms with Gasteiger partial charge in [0.1, 0.15) is 5.82 Å². The Morgan fingerprint density at radius 2 is 1.95 bits per heavy atom. The molecule has 19 heavy (non-hydrogen) atoms. The summed E-state index contributed by atoms with van der Waals surface area (Å²) in [6.45, 7) is 2.17. The van der Waals surface area contributed by atoms with Crippen molar-refractivity contribution in [3.05, 3.63) is 48.0 Å². The summed E-state index contributed by atoms with van der Waals surface area (Å²) in [4.78, 5) is 4.74. The average Bonchev–Trinajstić information content (AvgIpc) is 2.76. The molecule has 2 N–H and O–H groups in total. The lowest BCUT2D eigenvalue weighted by atomic mass is 10.1. The van der Waals surface area contributed by atoms with Crippen LogP contribution in [0.25, 0.3) is 22.4 Å². The van der Waals surface area contributed by atoms with Crippen molar-refractivity contribution in [2.24, 2.45) is 7.05 Å². The SMILES string of the molecule is CCc1cccc2nc(-c3cccc(N)c3)n(C)c12. The van der Waals surface area contributed by atoms with Crippen LogP contribution in [0.3, 0.4) is 0 Å². The van der Waals surface area contributed by atoms with E-state index in [0.717, 1.165) is 29.0 Å². The predicted molar refractivity (Wildman–Crippen MR) is 79.9 cm³/mol. The highest BCUT2D eigenvalue weighted by atomic mass is 15.1. The van der Waals surface area contributed by atoms with Gasteiger partial charge in [-0.15, -0.1) is 0 Å². The molecule has 1 aromatic heterocycles. The molecule has 0 amide bonds. The minimum Gasteiger partial charge on any atom is -0.399 e. The maximum absolute atomic E-state index is 5.86. The molecule has 0 aliphatic carbocycles. The van der Waals surface area contributed by atoms with Crippen LogP contribution >= 0.6 is 0 Å². The monoisotopic (exact) mass is 251 g/mol. The third-order valence-corrected chi connectivity index (χ3v) is 3.50. The first-order valence-electron chi connectivity index (χ1n) is 6.51. The maximum Gasteiger partial charge on any atom is 0.140 e. The number of nitrogens with two attached hydrogens (primary N) is 1. The number of aromatic nitrogens is 2. The van der Waals surface area contributed by atoms with Gasteiger partial charge in [0.2, 0.25) is 0 Å². The lowest BCUT2D eigenvalue weighted by molar-refractivity contribution is 0.948. The fourth-order valence-electron chi connectivity index (χ4n) is 2.57. The van der Waals surface area contributed by atoms with Crippen LogP contribution in [0.1, 0.15) is 12.5 Å². The Bertz CT molecular complexity index is 741. The number of rotatable bonds is 2. The van der Waals surface area contributed by atoms with E-state index in [1.54, 1.807) is 0 Å². The smallest absolute Gasteiger partial charge is 0.140 e. The summed E-state index contributed by atoms with van der Waals surface area (Å²) in [5, 5.41) is 0. The molecule has 0 aliphatic heterocycles. The minimum absolute atomic E-state index is 0.764. The van der Waals surface area contributed by atoms with E-state index in [0.29, 0.717) is 0 Å². The van der Waals surface area contributed by atoms with Gasteiger partial charge in [-0.3, -0.25) is 0 Å². The molecule has 0 fully saturated rings. The lowest BCUT2D eigenvalue weighted by Crippen LogP contribution is -1.95. The Morgan fingerprint density at radius 1 is 1.16 bits per heavy atom. The molecular weight excluding hydrogens is 234 g/mol. The predicted octanol–water partition coefficient (Wildman–Crippen LogP) is 3.38. The highest BCUT2D eigenvalue weighted by Crippen LogP contribution is 2.27. The van der Waals surface area contributed by atoms with Gasteiger partial charge in [0.15, 0.2) is 0 Å². The zero-order chi connectivity index (χ0) is 13.4. The topological polar surface area (TPSA) is 43.8 Å². The van der Waals surface area contributed by atoms with Crippen LogP contribution in [0.5, 0.6) is 0 Å². The third-order valence-electron chi connectivity index (χ3n) is 3.50. The number of aryl methyl sites for hydroxylation is 2. The first kappa shape index (κ1) is 11.8. The number of nitrogens with zero attached hydrogens (tertiary/aromatic N) is 2. The molecule has 0 saturated heterocycles. The van der Waals surface area contributed by atoms with Crippen LogP contribution < -0.4 is 5.73 Å². The molecule has 3 rings (SSSR count). The Hall–Kier alpha value is -2.29. The molecule has 3 heteroatoms. The minimum atomic E-state index is 0.764. The van der Waals surface area contributed by atoms with Crippen LogP contribution in [-0.2, 0) is 13.5 Å². The third kappa shape index (κ3) is 1.87. The van der Waals surface area contributed by atoms with Gasteiger partial charge in [-0.1, -0.05) is 31.2 Å². The summed E-state index contributed by atoms with van der Waals surface area (Å²) in [6.07, 6.45) is 1.01. The summed E-state index contributed by atoms with van der Waals surface area (Å²) >= 11 is 0. The normalized spacial score (nSPS) is 11.1. The van der Waals surface area contributed by atoms with E-state index in [1.807, 2.05) is 24.3 Å². The van der Waals surface area contributed by atoms with Crippen LogP contribution in [0, 0.1) is 0 Å². The molecule has 3 nitrogen and oxygen atoms in total. The van der Waals surface area contributed by atoms with Gasteiger partial charge in [-0.05, 0) is 30.2 Å². The van der Waals surface area contributed by atoms with Gasteiger partial charge in [0.25, 0.3) is 0 Å². The number of hydrogen-bond donors (Lipinski definition) is 1. The molecule has 0 saturated carbocycles. The van der Waals surface area contributed by atoms with Gasteiger partial charge in [0, 0.05) is 18.3 Å². The number of anilines is 1. The van der Waals surface area contributed by atoms with Crippen LogP contribution in [0.4, 0.5) is 5.69 Å². The largest absolute Gasteiger partial charge is 0.399 e. The molecule has 0 atom stereocenters. The molecule has 0 unspecified atom stereocenters. The first-order valence-corrected chi connectivity index (χ1v) is 6.51. The Kier molecular flexibility index (Phi) is 2.75. The lowest BCUT2D eigenvalue weighted by Gasteiger charge is -2.05. The van der Waals surface area contributed by atoms with Crippen molar-refractivity contribution < 1.29 is 0 Å². The molecule has 3 aromatic rings. The maximum atomic E-state index is 5.86. The molecular formula is C16H17N3. The van der Waals surface area contributed by atoms with E-state index in [-0.39, 0.29) is 0 Å². The summed E-state index contributed by atoms with van der Waals surface area (Å²) in [5.74, 6) is 0.961. The second-order valence-corrected chi connectivity index (χ2v) is 4.76. The van der Waals surface area contributed by atoms with Crippen LogP contribution in [0.2, 0.25) is 0 Å². The quantitative estimate of drug-likeness (QED) is 0.709. The molecule has 0 spiro atoms. The number of nitrogen functional groups attached to an aromatic ring is 1. The summed E-state index contributed by atoms with van der Waals surface area (Å²) in [5.41, 5.74) is 11.3. The van der Waals surface area contributed by atoms with Gasteiger partial charge >= 0.3 is 0 Å². The highest BCUT2D eigenvalue weighted by Gasteiger charge is 2.12. The van der Waals surface area contributed by atoms with Gasteiger partial charge in [0.05, 0.1) is 11.0 Å². The van der Waals surface area contributed by atoms with Crippen molar-refractivity contribution in [3.8, 4) is 11.4 Å². The summed E-state index contributed by atoms with van der Waals surface area (Å²) < 4.78 is 2.16. The highest BCUT2D eigenvalue weighted by molar-refractivity contribution is 5.83. The zero-order valence-electron chi connectivity index (χ0n) is 11.2. The van der Waals surface area contributed by atoms with Crippen molar-refractivity contribution >= 4 is 16.7 Å². The number of para-hydroxylation sites is 1. The van der Waals surface area contributed by atoms with E-state index in [4.69, 9.17) is 10.7 Å². The Balaban J connectivity index is 2.29. The van der Waals surface area contributed by atoms with Crippen molar-refractivity contribution in [2.45, 2.75) is 13.3 Å². The van der Waals surface area contributed by atoms with Crippen LogP contribution in [-0.4, -0.2) is 9.55 Å². The van der Waals surface area contributed by atoms with E-state index in [1.165, 1.54) is 11.1 Å². The second-order valence-electron chi connectivity index (χ2n) is 4.76. The van der Waals surface area contributed by atoms with Gasteiger partial charge < -0.3 is 10.3 Å². The molecule has 1 heterocycles. The average molecular weight is 251 g/mol. The Morgan fingerprint density at radius 3 is 2.68 bits per heavy atom. The number of fused-ring (bicyclic) bond motifs is 1. The zero-order valence-corrected chi connectivity index (χ0v) is 11.2. The molecule has 2 aromatic carbocycles. The molecule has 96 valence electrons. The van der Waals surface area contributed by atoms with Crippen molar-refractivity contribution in [1.82, 2.24) is 9.55 Å². The second kappa shape index (κ2) is 4.43. The number of hydrogen-bond acceptors (Lipinski definition) is 2. The number of imidazole rings is 1.